The van der Waals surface area contributed by atoms with Crippen LogP contribution in [0.1, 0.15) is 24.5 Å². The molecule has 0 aliphatic carbocycles. The molecule has 0 unspecified atom stereocenters. The number of nitrogens with zero attached hydrogens (tertiary/aromatic N) is 6. The summed E-state index contributed by atoms with van der Waals surface area (Å²) in [5.41, 5.74) is 5.66. The number of rotatable bonds is 10. The lowest BCUT2D eigenvalue weighted by molar-refractivity contribution is -0.274. The Balaban J connectivity index is 1.54. The number of carbonyl (C=O) groups excluding carboxylic acids is 2. The van der Waals surface area contributed by atoms with Gasteiger partial charge in [-0.15, -0.1) is 18.3 Å². The highest BCUT2D eigenvalue weighted by atomic mass is 32.2. The molecule has 4 rings (SSSR count). The van der Waals surface area contributed by atoms with E-state index in [4.69, 9.17) is 5.73 Å². The summed E-state index contributed by atoms with van der Waals surface area (Å²) in [6.07, 6.45) is -5.39. The van der Waals surface area contributed by atoms with Crippen molar-refractivity contribution < 1.29 is 44.7 Å². The molecule has 44 heavy (non-hydrogen) atoms. The molecule has 3 N–H and O–H groups in total. The lowest BCUT2D eigenvalue weighted by atomic mass is 10.0. The minimum Gasteiger partial charge on any atom is -0.406 e. The Labute approximate surface area is 247 Å². The van der Waals surface area contributed by atoms with Crippen molar-refractivity contribution in [3.8, 4) is 5.75 Å². The van der Waals surface area contributed by atoms with E-state index in [1.54, 1.807) is 0 Å². The summed E-state index contributed by atoms with van der Waals surface area (Å²) in [6.45, 7) is -0.101. The Morgan fingerprint density at radius 2 is 1.70 bits per heavy atom. The van der Waals surface area contributed by atoms with Gasteiger partial charge in [0, 0.05) is 38.2 Å². The van der Waals surface area contributed by atoms with E-state index in [1.807, 2.05) is 0 Å². The highest BCUT2D eigenvalue weighted by Gasteiger charge is 2.41. The lowest BCUT2D eigenvalue weighted by Gasteiger charge is -2.39. The summed E-state index contributed by atoms with van der Waals surface area (Å²) < 4.78 is 97.3. The number of aromatic nitrogens is 4. The average Bonchev–Trinajstić information content (AvgIpc) is 3.39. The summed E-state index contributed by atoms with van der Waals surface area (Å²) in [4.78, 5) is 28.1. The van der Waals surface area contributed by atoms with Crippen molar-refractivity contribution in [3.63, 3.8) is 0 Å². The Morgan fingerprint density at radius 3 is 2.27 bits per heavy atom. The molecule has 2 amide bonds. The largest absolute Gasteiger partial charge is 0.573 e. The van der Waals surface area contributed by atoms with Crippen molar-refractivity contribution in [1.29, 1.82) is 0 Å². The molecule has 1 atom stereocenters. The van der Waals surface area contributed by atoms with Crippen LogP contribution >= 0.6 is 0 Å². The normalized spacial score (nSPS) is 16.5. The number of hydrogen-bond donors (Lipinski definition) is 2. The van der Waals surface area contributed by atoms with Crippen LogP contribution in [0.5, 0.6) is 5.75 Å². The Hall–Kier alpha value is -4.39. The number of carbonyl (C=O) groups is 2. The van der Waals surface area contributed by atoms with Crippen LogP contribution in [0.15, 0.2) is 53.4 Å². The van der Waals surface area contributed by atoms with Crippen molar-refractivity contribution in [2.75, 3.05) is 25.4 Å². The molecule has 0 spiro atoms. The number of halogens is 5. The minimum atomic E-state index is -4.99. The van der Waals surface area contributed by atoms with Crippen LogP contribution < -0.4 is 15.8 Å². The van der Waals surface area contributed by atoms with Gasteiger partial charge in [0.1, 0.15) is 18.3 Å². The fourth-order valence-corrected chi connectivity index (χ4v) is 5.93. The number of nitrogen functional groups attached to an aromatic ring is 1. The molecule has 1 aliphatic heterocycles. The first-order chi connectivity index (χ1) is 20.6. The van der Waals surface area contributed by atoms with Gasteiger partial charge in [-0.1, -0.05) is 36.3 Å². The molecule has 1 fully saturated rings. The monoisotopic (exact) mass is 646 g/mol. The van der Waals surface area contributed by atoms with E-state index in [9.17, 15) is 40.0 Å². The smallest absolute Gasteiger partial charge is 0.406 e. The molecule has 1 aromatic heterocycles. The minimum absolute atomic E-state index is 0.144. The first kappa shape index (κ1) is 32.5. The number of hydrogen-bond acceptors (Lipinski definition) is 9. The number of benzene rings is 2. The number of sulfonamides is 1. The molecule has 13 nitrogen and oxygen atoms in total. The summed E-state index contributed by atoms with van der Waals surface area (Å²) in [7, 11) is -4.47. The van der Waals surface area contributed by atoms with E-state index in [0.29, 0.717) is 5.56 Å². The number of nitrogens with one attached hydrogen (secondary N) is 1. The van der Waals surface area contributed by atoms with Crippen LogP contribution in [0, 0.1) is 0 Å². The van der Waals surface area contributed by atoms with Crippen molar-refractivity contribution >= 4 is 27.8 Å². The standard InChI is InChI=1S/C25H27F5N8O5S/c1-2-24(26,27)17-5-3-16(4-6-17)13-32-22(40)20-14-36(21(39)15-38-34-23(31)33-35-38)11-12-37(20)44(41,42)19-9-7-18(8-10-19)43-25(28,29)30/h3-10,20H,2,11-15H2,1H3,(H2,31,34)(H,32,40)/t20-/m1/s1. The third-order valence-electron chi connectivity index (χ3n) is 6.68. The number of piperazine rings is 1. The van der Waals surface area contributed by atoms with Crippen molar-refractivity contribution in [3.05, 3.63) is 59.7 Å². The Kier molecular flexibility index (Phi) is 9.38. The number of amides is 2. The zero-order valence-electron chi connectivity index (χ0n) is 23.0. The topological polar surface area (TPSA) is 166 Å². The van der Waals surface area contributed by atoms with Crippen molar-refractivity contribution in [2.45, 2.75) is 49.7 Å². The SMILES string of the molecule is CCC(F)(F)c1ccc(CNC(=O)[C@H]2CN(C(=O)Cn3nnc(N)n3)CCN2S(=O)(=O)c2ccc(OC(F)(F)F)cc2)cc1. The molecule has 2 heterocycles. The van der Waals surface area contributed by atoms with Crippen LogP contribution in [-0.4, -0.2) is 81.7 Å². The summed E-state index contributed by atoms with van der Waals surface area (Å²) in [5.74, 6) is -5.23. The maximum atomic E-state index is 14.0. The molecular weight excluding hydrogens is 619 g/mol. The van der Waals surface area contributed by atoms with Crippen LogP contribution in [-0.2, 0) is 38.6 Å². The van der Waals surface area contributed by atoms with Gasteiger partial charge in [-0.3, -0.25) is 9.59 Å². The molecule has 2 aromatic carbocycles. The zero-order chi connectivity index (χ0) is 32.3. The summed E-state index contributed by atoms with van der Waals surface area (Å²) in [6, 6.07) is 7.20. The van der Waals surface area contributed by atoms with Gasteiger partial charge in [0.05, 0.1) is 4.90 Å². The van der Waals surface area contributed by atoms with Gasteiger partial charge in [-0.25, -0.2) is 17.2 Å². The molecular formula is C25H27F5N8O5S. The van der Waals surface area contributed by atoms with Crippen molar-refractivity contribution in [2.24, 2.45) is 0 Å². The van der Waals surface area contributed by atoms with Crippen LogP contribution in [0.4, 0.5) is 27.9 Å². The molecule has 1 saturated heterocycles. The number of alkyl halides is 5. The van der Waals surface area contributed by atoms with Gasteiger partial charge >= 0.3 is 6.36 Å². The maximum Gasteiger partial charge on any atom is 0.573 e. The van der Waals surface area contributed by atoms with Gasteiger partial charge in [0.15, 0.2) is 0 Å². The fourth-order valence-electron chi connectivity index (χ4n) is 4.36. The number of anilines is 1. The van der Waals surface area contributed by atoms with Crippen molar-refractivity contribution in [1.82, 2.24) is 34.7 Å². The second kappa shape index (κ2) is 12.7. The predicted octanol–water partition coefficient (Wildman–Crippen LogP) is 1.87. The second-order valence-corrected chi connectivity index (χ2v) is 11.5. The number of ether oxygens (including phenoxy) is 1. The van der Waals surface area contributed by atoms with Gasteiger partial charge < -0.3 is 20.7 Å². The second-order valence-electron chi connectivity index (χ2n) is 9.64. The molecule has 0 radical (unpaired) electrons. The van der Waals surface area contributed by atoms with E-state index in [2.05, 4.69) is 25.5 Å². The van der Waals surface area contributed by atoms with Gasteiger partial charge in [-0.05, 0) is 35.0 Å². The van der Waals surface area contributed by atoms with Gasteiger partial charge in [0.25, 0.3) is 11.9 Å². The highest BCUT2D eigenvalue weighted by Crippen LogP contribution is 2.31. The zero-order valence-corrected chi connectivity index (χ0v) is 23.9. The van der Waals surface area contributed by atoms with E-state index < -0.39 is 70.3 Å². The van der Waals surface area contributed by atoms with E-state index in [0.717, 1.165) is 33.4 Å². The molecule has 238 valence electrons. The quantitative estimate of drug-likeness (QED) is 0.313. The van der Waals surface area contributed by atoms with Crippen LogP contribution in [0.2, 0.25) is 0 Å². The molecule has 1 aliphatic rings. The van der Waals surface area contributed by atoms with E-state index in [1.165, 1.54) is 36.1 Å². The number of tetrazole rings is 1. The van der Waals surface area contributed by atoms with Crippen LogP contribution in [0.25, 0.3) is 0 Å². The fraction of sp³-hybridized carbons (Fsp3) is 0.400. The Morgan fingerprint density at radius 1 is 1.05 bits per heavy atom. The maximum absolute atomic E-state index is 14.0. The predicted molar refractivity (Wildman–Crippen MR) is 142 cm³/mol. The van der Waals surface area contributed by atoms with Gasteiger partial charge in [-0.2, -0.15) is 9.10 Å². The van der Waals surface area contributed by atoms with E-state index in [-0.39, 0.29) is 31.1 Å². The average molecular weight is 647 g/mol. The third-order valence-corrected chi connectivity index (χ3v) is 8.60. The molecule has 0 bridgehead atoms. The summed E-state index contributed by atoms with van der Waals surface area (Å²) in [5, 5.41) is 13.4. The molecule has 3 aromatic rings. The highest BCUT2D eigenvalue weighted by molar-refractivity contribution is 7.89. The molecule has 0 saturated carbocycles. The molecule has 19 heteroatoms. The van der Waals surface area contributed by atoms with E-state index >= 15 is 0 Å². The first-order valence-corrected chi connectivity index (χ1v) is 14.5. The first-order valence-electron chi connectivity index (χ1n) is 13.0. The number of nitrogens with two attached hydrogens (primary N) is 1. The van der Waals surface area contributed by atoms with Crippen LogP contribution in [0.3, 0.4) is 0 Å². The summed E-state index contributed by atoms with van der Waals surface area (Å²) >= 11 is 0. The third kappa shape index (κ3) is 7.76. The lowest BCUT2D eigenvalue weighted by Crippen LogP contribution is -2.61. The van der Waals surface area contributed by atoms with Gasteiger partial charge in [0.2, 0.25) is 21.8 Å². The Bertz CT molecular complexity index is 1580.